The summed E-state index contributed by atoms with van der Waals surface area (Å²) in [5.74, 6) is 2.26. The minimum atomic E-state index is 0.634. The van der Waals surface area contributed by atoms with Crippen LogP contribution >= 0.6 is 0 Å². The molecule has 5 heterocycles. The number of fused-ring (bicyclic) bond motifs is 2. The second-order valence-electron chi connectivity index (χ2n) is 7.97. The average molecular weight is 445 g/mol. The van der Waals surface area contributed by atoms with Crippen molar-refractivity contribution in [3.8, 4) is 22.5 Å². The molecule has 164 valence electrons. The van der Waals surface area contributed by atoms with E-state index in [0.717, 1.165) is 50.4 Å². The Hall–Kier alpha value is -4.72. The van der Waals surface area contributed by atoms with Crippen molar-refractivity contribution in [2.24, 2.45) is 0 Å². The number of benzene rings is 1. The molecule has 0 aliphatic heterocycles. The van der Waals surface area contributed by atoms with Gasteiger partial charge in [-0.25, -0.2) is 9.97 Å². The fourth-order valence-electron chi connectivity index (χ4n) is 3.94. The quantitative estimate of drug-likeness (QED) is 0.411. The fraction of sp³-hybridized carbons (Fsp3) is 0.0769. The molecule has 5 aromatic heterocycles. The molecule has 0 amide bonds. The minimum absolute atomic E-state index is 0.634. The maximum Gasteiger partial charge on any atom is 0.162 e. The Bertz CT molecular complexity index is 1630. The summed E-state index contributed by atoms with van der Waals surface area (Å²) < 4.78 is 1.99. The number of anilines is 1. The van der Waals surface area contributed by atoms with Gasteiger partial charge in [-0.05, 0) is 60.0 Å². The van der Waals surface area contributed by atoms with E-state index < -0.39 is 0 Å². The van der Waals surface area contributed by atoms with Gasteiger partial charge in [0.2, 0.25) is 0 Å². The second-order valence-corrected chi connectivity index (χ2v) is 7.97. The van der Waals surface area contributed by atoms with Crippen LogP contribution in [0.5, 0.6) is 0 Å². The molecule has 0 fully saturated rings. The number of nitrogens with zero attached hydrogens (tertiary/aromatic N) is 7. The van der Waals surface area contributed by atoms with Gasteiger partial charge in [0.25, 0.3) is 0 Å². The highest BCUT2D eigenvalue weighted by molar-refractivity contribution is 5.90. The number of hydrogen-bond donors (Lipinski definition) is 1. The number of hydrogen-bond acceptors (Lipinski definition) is 7. The molecule has 8 nitrogen and oxygen atoms in total. The fourth-order valence-corrected chi connectivity index (χ4v) is 3.94. The molecule has 0 bridgehead atoms. The standard InChI is InChI=1S/C26H20N8/c1-17-32-33-24-6-5-21(16-34(17)24)19-3-2-4-20(13-19)25-30-23-15-28-12-9-22(23)26(31-25)29-14-18-7-10-27-11-8-18/h2-13,15-16H,14H2,1H3,(H,29,30,31). The first-order chi connectivity index (χ1) is 16.7. The lowest BCUT2D eigenvalue weighted by molar-refractivity contribution is 1.01. The molecule has 0 spiro atoms. The highest BCUT2D eigenvalue weighted by Crippen LogP contribution is 2.28. The molecule has 8 heteroatoms. The summed E-state index contributed by atoms with van der Waals surface area (Å²) in [4.78, 5) is 18.0. The van der Waals surface area contributed by atoms with Gasteiger partial charge < -0.3 is 5.32 Å². The van der Waals surface area contributed by atoms with E-state index in [9.17, 15) is 0 Å². The first-order valence-corrected chi connectivity index (χ1v) is 10.9. The third kappa shape index (κ3) is 3.71. The SMILES string of the molecule is Cc1nnc2ccc(-c3cccc(-c4nc(NCc5ccncc5)c5ccncc5n4)c3)cn12. The zero-order chi connectivity index (χ0) is 22.9. The molecule has 0 aliphatic carbocycles. The summed E-state index contributed by atoms with van der Waals surface area (Å²) in [5.41, 5.74) is 5.79. The highest BCUT2D eigenvalue weighted by Gasteiger charge is 2.11. The molecule has 6 aromatic rings. The molecular weight excluding hydrogens is 424 g/mol. The first kappa shape index (κ1) is 19.9. The molecule has 6 rings (SSSR count). The predicted molar refractivity (Wildman–Crippen MR) is 131 cm³/mol. The number of pyridine rings is 3. The van der Waals surface area contributed by atoms with Crippen molar-refractivity contribution in [2.75, 3.05) is 5.32 Å². The molecule has 0 radical (unpaired) electrons. The van der Waals surface area contributed by atoms with Crippen LogP contribution in [0.1, 0.15) is 11.4 Å². The molecule has 0 aliphatic rings. The Morgan fingerprint density at radius 3 is 2.59 bits per heavy atom. The van der Waals surface area contributed by atoms with E-state index in [1.54, 1.807) is 24.8 Å². The number of nitrogens with one attached hydrogen (secondary N) is 1. The van der Waals surface area contributed by atoms with E-state index in [1.807, 2.05) is 47.7 Å². The van der Waals surface area contributed by atoms with Gasteiger partial charge in [0.05, 0.1) is 11.7 Å². The van der Waals surface area contributed by atoms with E-state index in [0.29, 0.717) is 12.4 Å². The average Bonchev–Trinajstić information content (AvgIpc) is 3.27. The van der Waals surface area contributed by atoms with Crippen LogP contribution in [-0.4, -0.2) is 34.5 Å². The lowest BCUT2D eigenvalue weighted by atomic mass is 10.0. The molecule has 1 N–H and O–H groups in total. The van der Waals surface area contributed by atoms with E-state index >= 15 is 0 Å². The van der Waals surface area contributed by atoms with Crippen LogP contribution in [0, 0.1) is 6.92 Å². The van der Waals surface area contributed by atoms with Gasteiger partial charge in [0.1, 0.15) is 11.6 Å². The van der Waals surface area contributed by atoms with Crippen molar-refractivity contribution < 1.29 is 0 Å². The highest BCUT2D eigenvalue weighted by atomic mass is 15.2. The number of aromatic nitrogens is 7. The van der Waals surface area contributed by atoms with E-state index in [1.165, 1.54) is 0 Å². The Balaban J connectivity index is 1.40. The molecule has 1 aromatic carbocycles. The molecule has 0 saturated heterocycles. The van der Waals surface area contributed by atoms with Gasteiger partial charge in [-0.3, -0.25) is 14.4 Å². The van der Waals surface area contributed by atoms with Crippen LogP contribution in [0.25, 0.3) is 39.1 Å². The van der Waals surface area contributed by atoms with Crippen molar-refractivity contribution in [1.29, 1.82) is 0 Å². The van der Waals surface area contributed by atoms with Crippen molar-refractivity contribution >= 4 is 22.4 Å². The van der Waals surface area contributed by atoms with Gasteiger partial charge in [-0.1, -0.05) is 18.2 Å². The Morgan fingerprint density at radius 1 is 0.824 bits per heavy atom. The van der Waals surface area contributed by atoms with Gasteiger partial charge >= 0.3 is 0 Å². The Kier molecular flexibility index (Phi) is 4.88. The van der Waals surface area contributed by atoms with E-state index in [-0.39, 0.29) is 0 Å². The van der Waals surface area contributed by atoms with Crippen LogP contribution in [-0.2, 0) is 6.54 Å². The molecule has 0 unspecified atom stereocenters. The van der Waals surface area contributed by atoms with Crippen LogP contribution in [0.4, 0.5) is 5.82 Å². The van der Waals surface area contributed by atoms with Crippen molar-refractivity contribution in [2.45, 2.75) is 13.5 Å². The van der Waals surface area contributed by atoms with Crippen LogP contribution in [0.3, 0.4) is 0 Å². The number of rotatable bonds is 5. The Labute approximate surface area is 195 Å². The third-order valence-electron chi connectivity index (χ3n) is 5.74. The van der Waals surface area contributed by atoms with Crippen LogP contribution in [0.15, 0.2) is 85.6 Å². The third-order valence-corrected chi connectivity index (χ3v) is 5.74. The Morgan fingerprint density at radius 2 is 1.68 bits per heavy atom. The van der Waals surface area contributed by atoms with Gasteiger partial charge in [0, 0.05) is 42.3 Å². The minimum Gasteiger partial charge on any atom is -0.365 e. The van der Waals surface area contributed by atoms with Gasteiger partial charge in [0.15, 0.2) is 11.5 Å². The first-order valence-electron chi connectivity index (χ1n) is 10.9. The van der Waals surface area contributed by atoms with Crippen LogP contribution in [0.2, 0.25) is 0 Å². The molecular formula is C26H20N8. The van der Waals surface area contributed by atoms with E-state index in [4.69, 9.17) is 9.97 Å². The largest absolute Gasteiger partial charge is 0.365 e. The topological polar surface area (TPSA) is 93.8 Å². The van der Waals surface area contributed by atoms with Crippen molar-refractivity contribution in [3.63, 3.8) is 0 Å². The molecule has 0 saturated carbocycles. The zero-order valence-corrected chi connectivity index (χ0v) is 18.4. The summed E-state index contributed by atoms with van der Waals surface area (Å²) in [6.45, 7) is 2.58. The molecule has 34 heavy (non-hydrogen) atoms. The predicted octanol–water partition coefficient (Wildman–Crippen LogP) is 4.72. The lowest BCUT2D eigenvalue weighted by Gasteiger charge is -2.12. The van der Waals surface area contributed by atoms with Crippen molar-refractivity contribution in [1.82, 2.24) is 34.5 Å². The normalized spacial score (nSPS) is 11.2. The zero-order valence-electron chi connectivity index (χ0n) is 18.4. The summed E-state index contributed by atoms with van der Waals surface area (Å²) in [6, 6.07) is 18.1. The molecule has 0 atom stereocenters. The summed E-state index contributed by atoms with van der Waals surface area (Å²) in [7, 11) is 0. The second kappa shape index (κ2) is 8.32. The lowest BCUT2D eigenvalue weighted by Crippen LogP contribution is -2.04. The maximum atomic E-state index is 4.89. The number of aryl methyl sites for hydroxylation is 1. The summed E-state index contributed by atoms with van der Waals surface area (Å²) >= 11 is 0. The summed E-state index contributed by atoms with van der Waals surface area (Å²) in [6.07, 6.45) is 9.15. The van der Waals surface area contributed by atoms with Crippen molar-refractivity contribution in [3.05, 3.63) is 97.0 Å². The monoisotopic (exact) mass is 444 g/mol. The van der Waals surface area contributed by atoms with Gasteiger partial charge in [-0.15, -0.1) is 10.2 Å². The maximum absolute atomic E-state index is 4.89. The van der Waals surface area contributed by atoms with Crippen LogP contribution < -0.4 is 5.32 Å². The summed E-state index contributed by atoms with van der Waals surface area (Å²) in [5, 5.41) is 12.7. The van der Waals surface area contributed by atoms with Gasteiger partial charge in [-0.2, -0.15) is 0 Å². The van der Waals surface area contributed by atoms with E-state index in [2.05, 4.69) is 49.9 Å². The smallest absolute Gasteiger partial charge is 0.162 e.